The molecule has 4 N–H and O–H groups in total. The van der Waals surface area contributed by atoms with Crippen LogP contribution in [0.3, 0.4) is 0 Å². The van der Waals surface area contributed by atoms with E-state index in [0.717, 1.165) is 32.1 Å². The zero-order chi connectivity index (χ0) is 38.7. The molecule has 17 heteroatoms. The quantitative estimate of drug-likeness (QED) is 0.209. The molecule has 1 aromatic heterocycles. The van der Waals surface area contributed by atoms with Gasteiger partial charge in [0.15, 0.2) is 9.84 Å². The minimum atomic E-state index is -3.59. The third kappa shape index (κ3) is 8.73. The van der Waals surface area contributed by atoms with Crippen LogP contribution in [0.2, 0.25) is 0 Å². The van der Waals surface area contributed by atoms with Crippen LogP contribution in [0.1, 0.15) is 108 Å². The monoisotopic (exact) mass is 755 g/mol. The van der Waals surface area contributed by atoms with E-state index in [0.29, 0.717) is 5.69 Å². The first-order valence-corrected chi connectivity index (χ1v) is 19.6. The summed E-state index contributed by atoms with van der Waals surface area (Å²) >= 11 is 0. The van der Waals surface area contributed by atoms with E-state index in [1.165, 1.54) is 40.0 Å². The van der Waals surface area contributed by atoms with Gasteiger partial charge in [0.25, 0.3) is 17.7 Å². The van der Waals surface area contributed by atoms with Gasteiger partial charge in [-0.15, -0.1) is 5.10 Å². The maximum atomic E-state index is 14.7. The molecule has 0 radical (unpaired) electrons. The van der Waals surface area contributed by atoms with Crippen molar-refractivity contribution in [2.75, 3.05) is 19.8 Å². The number of carbonyl (C=O) groups excluding carboxylic acids is 5. The summed E-state index contributed by atoms with van der Waals surface area (Å²) < 4.78 is 32.2. The minimum absolute atomic E-state index is 0.00219. The lowest BCUT2D eigenvalue weighted by molar-refractivity contribution is -0.146. The number of primary amides is 1. The number of amides is 4. The highest BCUT2D eigenvalue weighted by molar-refractivity contribution is 7.92. The van der Waals surface area contributed by atoms with E-state index in [-0.39, 0.29) is 67.5 Å². The Morgan fingerprint density at radius 3 is 2.30 bits per heavy atom. The molecule has 16 nitrogen and oxygen atoms in total. The van der Waals surface area contributed by atoms with Crippen LogP contribution in [0.25, 0.3) is 0 Å². The van der Waals surface area contributed by atoms with Crippen molar-refractivity contribution >= 4 is 45.0 Å². The molecular formula is C36H49N7O9S. The number of Topliss-reactive ketones (excluding diaryl/α,β-unsaturated/α-hetero) is 1. The summed E-state index contributed by atoms with van der Waals surface area (Å²) in [6, 6.07) is 3.53. The molecule has 3 heterocycles. The van der Waals surface area contributed by atoms with Crippen molar-refractivity contribution in [3.63, 3.8) is 0 Å². The first-order valence-electron chi connectivity index (χ1n) is 18.1. The summed E-state index contributed by atoms with van der Waals surface area (Å²) in [7, 11) is -3.59. The fourth-order valence-electron chi connectivity index (χ4n) is 7.36. The van der Waals surface area contributed by atoms with E-state index < -0.39 is 67.7 Å². The lowest BCUT2D eigenvalue weighted by atomic mass is 9.84. The van der Waals surface area contributed by atoms with Gasteiger partial charge in [-0.05, 0) is 64.3 Å². The van der Waals surface area contributed by atoms with Gasteiger partial charge >= 0.3 is 0 Å². The van der Waals surface area contributed by atoms with Crippen molar-refractivity contribution in [3.8, 4) is 0 Å². The molecule has 1 aliphatic carbocycles. The lowest BCUT2D eigenvalue weighted by Crippen LogP contribution is -2.63. The Kier molecular flexibility index (Phi) is 12.0. The van der Waals surface area contributed by atoms with Gasteiger partial charge in [-0.2, -0.15) is 0 Å². The van der Waals surface area contributed by atoms with E-state index in [1.54, 1.807) is 27.7 Å². The number of nitrogens with zero attached hydrogens (tertiary/aromatic N) is 5. The number of ketones is 1. The molecule has 0 bridgehead atoms. The van der Waals surface area contributed by atoms with Crippen LogP contribution in [0.4, 0.5) is 0 Å². The molecule has 1 aromatic carbocycles. The highest BCUT2D eigenvalue weighted by Crippen LogP contribution is 2.34. The Morgan fingerprint density at radius 1 is 1.08 bits per heavy atom. The van der Waals surface area contributed by atoms with Gasteiger partial charge in [0.05, 0.1) is 28.1 Å². The van der Waals surface area contributed by atoms with Crippen molar-refractivity contribution in [2.45, 2.75) is 119 Å². The number of hydrogen-bond donors (Lipinski definition) is 3. The number of sulfone groups is 1. The SMILES string of the molecule is CC(C)S(=O)(=O)c1ccc(C(=O)/N=C(\CC2CCCCC2)C(=O)N2C[C@@H](n3nncc3C(C)(C)O)C[C@H]2C(=O)NC2(C(=O)C(N)=O)CCOCC2)cc1. The first-order chi connectivity index (χ1) is 24.9. The van der Waals surface area contributed by atoms with E-state index in [9.17, 15) is 37.5 Å². The number of ether oxygens (including phenoxy) is 1. The maximum absolute atomic E-state index is 14.7. The third-order valence-electron chi connectivity index (χ3n) is 10.5. The van der Waals surface area contributed by atoms with Crippen molar-refractivity contribution in [2.24, 2.45) is 16.6 Å². The second-order valence-electron chi connectivity index (χ2n) is 15.1. The average Bonchev–Trinajstić information content (AvgIpc) is 3.80. The molecule has 2 atom stereocenters. The van der Waals surface area contributed by atoms with Gasteiger partial charge in [0, 0.05) is 44.6 Å². The number of rotatable bonds is 12. The first kappa shape index (κ1) is 39.8. The molecule has 53 heavy (non-hydrogen) atoms. The van der Waals surface area contributed by atoms with E-state index >= 15 is 0 Å². The number of aliphatic imine (C=N–C) groups is 1. The molecule has 0 spiro atoms. The molecular weight excluding hydrogens is 707 g/mol. The number of aliphatic hydroxyl groups is 1. The molecule has 2 saturated heterocycles. The van der Waals surface area contributed by atoms with Crippen LogP contribution < -0.4 is 11.1 Å². The van der Waals surface area contributed by atoms with E-state index in [4.69, 9.17) is 10.5 Å². The zero-order valence-electron chi connectivity index (χ0n) is 30.6. The van der Waals surface area contributed by atoms with Gasteiger partial charge in [0.2, 0.25) is 11.7 Å². The molecule has 2 aromatic rings. The van der Waals surface area contributed by atoms with Crippen LogP contribution >= 0.6 is 0 Å². The molecule has 0 unspecified atom stereocenters. The van der Waals surface area contributed by atoms with Crippen molar-refractivity contribution in [1.82, 2.24) is 25.2 Å². The zero-order valence-corrected chi connectivity index (χ0v) is 31.4. The Labute approximate surface area is 308 Å². The number of benzene rings is 1. The number of nitrogens with one attached hydrogen (secondary N) is 1. The second kappa shape index (κ2) is 15.9. The number of carbonyl (C=O) groups is 5. The maximum Gasteiger partial charge on any atom is 0.287 e. The summed E-state index contributed by atoms with van der Waals surface area (Å²) in [6.45, 7) is 6.33. The van der Waals surface area contributed by atoms with Gasteiger partial charge in [0.1, 0.15) is 22.9 Å². The number of hydrogen-bond acceptors (Lipinski definition) is 11. The standard InChI is InChI=1S/C36H49N7O9S/c1-22(2)53(50,51)26-12-10-24(11-13-26)32(46)39-27(18-23-8-6-5-7-9-23)34(48)42-21-25(43-29(20-38-41-43)35(3,4)49)19-28(42)33(47)40-36(30(44)31(37)45)14-16-52-17-15-36/h10-13,20,22-23,25,28,49H,5-9,14-19,21H2,1-4H3,(H2,37,45)(H,40,47)/b39-27+/t25-,28-/m0/s1. The van der Waals surface area contributed by atoms with Crippen LogP contribution in [-0.2, 0) is 39.4 Å². The summed E-state index contributed by atoms with van der Waals surface area (Å²) in [6.07, 6.45) is 6.16. The predicted octanol–water partition coefficient (Wildman–Crippen LogP) is 1.80. The van der Waals surface area contributed by atoms with Crippen LogP contribution in [0.5, 0.6) is 0 Å². The lowest BCUT2D eigenvalue weighted by Gasteiger charge is -2.37. The predicted molar refractivity (Wildman–Crippen MR) is 191 cm³/mol. The summed E-state index contributed by atoms with van der Waals surface area (Å²) in [5.41, 5.74) is 2.76. The molecule has 3 fully saturated rings. The Morgan fingerprint density at radius 2 is 1.72 bits per heavy atom. The Balaban J connectivity index is 1.52. The smallest absolute Gasteiger partial charge is 0.287 e. The van der Waals surface area contributed by atoms with Gasteiger partial charge in [-0.3, -0.25) is 24.0 Å². The Bertz CT molecular complexity index is 1850. The van der Waals surface area contributed by atoms with Crippen LogP contribution in [0, 0.1) is 5.92 Å². The minimum Gasteiger partial charge on any atom is -0.384 e. The fourth-order valence-corrected chi connectivity index (χ4v) is 8.42. The molecule has 3 aliphatic rings. The molecule has 288 valence electrons. The largest absolute Gasteiger partial charge is 0.384 e. The van der Waals surface area contributed by atoms with E-state index in [2.05, 4.69) is 20.6 Å². The molecule has 4 amide bonds. The van der Waals surface area contributed by atoms with Crippen LogP contribution in [-0.4, -0.2) is 105 Å². The van der Waals surface area contributed by atoms with Crippen molar-refractivity contribution in [1.29, 1.82) is 0 Å². The van der Waals surface area contributed by atoms with E-state index in [1.807, 2.05) is 0 Å². The second-order valence-corrected chi connectivity index (χ2v) is 17.6. The Hall–Kier alpha value is -4.35. The highest BCUT2D eigenvalue weighted by atomic mass is 32.2. The summed E-state index contributed by atoms with van der Waals surface area (Å²) in [5.74, 6) is -4.26. The normalized spacial score (nSPS) is 21.4. The van der Waals surface area contributed by atoms with Gasteiger partial charge in [-0.1, -0.05) is 37.3 Å². The summed E-state index contributed by atoms with van der Waals surface area (Å²) in [5, 5.41) is 21.1. The topological polar surface area (TPSA) is 233 Å². The number of aromatic nitrogens is 3. The van der Waals surface area contributed by atoms with Gasteiger partial charge in [-0.25, -0.2) is 18.1 Å². The molecule has 1 saturated carbocycles. The van der Waals surface area contributed by atoms with Crippen LogP contribution in [0.15, 0.2) is 40.4 Å². The summed E-state index contributed by atoms with van der Waals surface area (Å²) in [4.78, 5) is 73.5. The molecule has 5 rings (SSSR count). The number of likely N-dealkylation sites (tertiary alicyclic amines) is 1. The average molecular weight is 756 g/mol. The van der Waals surface area contributed by atoms with Gasteiger partial charge < -0.3 is 25.8 Å². The molecule has 2 aliphatic heterocycles. The fraction of sp³-hybridized carbons (Fsp3) is 0.611. The number of nitrogens with two attached hydrogens (primary N) is 1. The van der Waals surface area contributed by atoms with Crippen molar-refractivity contribution in [3.05, 3.63) is 41.7 Å². The third-order valence-corrected chi connectivity index (χ3v) is 12.7. The van der Waals surface area contributed by atoms with Crippen molar-refractivity contribution < 1.29 is 42.2 Å². The highest BCUT2D eigenvalue weighted by Gasteiger charge is 2.49.